The lowest BCUT2D eigenvalue weighted by Gasteiger charge is -2.05. The molecule has 9 heteroatoms. The van der Waals surface area contributed by atoms with Gasteiger partial charge >= 0.3 is 0 Å². The van der Waals surface area contributed by atoms with Crippen molar-refractivity contribution >= 4 is 24.1 Å². The molecule has 2 aromatic carbocycles. The quantitative estimate of drug-likeness (QED) is 0.308. The number of H-pyrrole nitrogens is 1. The SMILES string of the molecule is CCOc1cccc(-c2n[nH]c(=S)n2/N=C/c2cccc([N+](=O)[O-])c2)c1. The average molecular weight is 369 g/mol. The van der Waals surface area contributed by atoms with Crippen LogP contribution in [0.15, 0.2) is 53.6 Å². The van der Waals surface area contributed by atoms with Crippen LogP contribution in [0, 0.1) is 14.9 Å². The molecular formula is C17H15N5O3S. The molecule has 0 bridgehead atoms. The molecule has 0 amide bonds. The molecule has 0 atom stereocenters. The lowest BCUT2D eigenvalue weighted by Crippen LogP contribution is -1.97. The zero-order chi connectivity index (χ0) is 18.5. The van der Waals surface area contributed by atoms with E-state index in [1.54, 1.807) is 12.1 Å². The van der Waals surface area contributed by atoms with Crippen LogP contribution in [0.2, 0.25) is 0 Å². The Kier molecular flexibility index (Phi) is 5.18. The molecule has 1 aromatic heterocycles. The number of ether oxygens (including phenoxy) is 1. The second kappa shape index (κ2) is 7.70. The Morgan fingerprint density at radius 3 is 2.92 bits per heavy atom. The maximum absolute atomic E-state index is 10.9. The van der Waals surface area contributed by atoms with Gasteiger partial charge in [-0.2, -0.15) is 14.9 Å². The first kappa shape index (κ1) is 17.5. The van der Waals surface area contributed by atoms with Gasteiger partial charge in [-0.15, -0.1) is 0 Å². The Morgan fingerprint density at radius 2 is 2.15 bits per heavy atom. The van der Waals surface area contributed by atoms with E-state index in [1.165, 1.54) is 23.0 Å². The highest BCUT2D eigenvalue weighted by Crippen LogP contribution is 2.22. The first-order valence-electron chi connectivity index (χ1n) is 7.78. The number of nitro benzene ring substituents is 1. The Balaban J connectivity index is 1.96. The van der Waals surface area contributed by atoms with Crippen LogP contribution in [0.3, 0.4) is 0 Å². The number of hydrogen-bond donors (Lipinski definition) is 1. The number of aromatic nitrogens is 3. The minimum Gasteiger partial charge on any atom is -0.494 e. The van der Waals surface area contributed by atoms with E-state index in [2.05, 4.69) is 15.3 Å². The number of benzene rings is 2. The topological polar surface area (TPSA) is 98.3 Å². The van der Waals surface area contributed by atoms with Gasteiger partial charge in [0.15, 0.2) is 5.82 Å². The van der Waals surface area contributed by atoms with Crippen LogP contribution in [0.25, 0.3) is 11.4 Å². The van der Waals surface area contributed by atoms with E-state index in [9.17, 15) is 10.1 Å². The Labute approximate surface area is 153 Å². The van der Waals surface area contributed by atoms with Crippen LogP contribution in [-0.2, 0) is 0 Å². The summed E-state index contributed by atoms with van der Waals surface area (Å²) in [6.45, 7) is 2.47. The third kappa shape index (κ3) is 3.83. The summed E-state index contributed by atoms with van der Waals surface area (Å²) in [5.41, 5.74) is 1.35. The molecular weight excluding hydrogens is 354 g/mol. The van der Waals surface area contributed by atoms with E-state index in [-0.39, 0.29) is 5.69 Å². The molecule has 3 rings (SSSR count). The molecule has 26 heavy (non-hydrogen) atoms. The smallest absolute Gasteiger partial charge is 0.270 e. The molecule has 0 spiro atoms. The van der Waals surface area contributed by atoms with Gasteiger partial charge in [0.05, 0.1) is 17.7 Å². The van der Waals surface area contributed by atoms with Crippen molar-refractivity contribution in [2.24, 2.45) is 5.10 Å². The number of nitrogens with one attached hydrogen (secondary N) is 1. The number of non-ortho nitro benzene ring substituents is 1. The standard InChI is InChI=1S/C17H15N5O3S/c1-2-25-15-8-4-6-13(10-15)16-19-20-17(26)21(16)18-11-12-5-3-7-14(9-12)22(23)24/h3-11H,2H2,1H3,(H,20,26)/b18-11+. The van der Waals surface area contributed by atoms with Crippen LogP contribution < -0.4 is 4.74 Å². The highest BCUT2D eigenvalue weighted by molar-refractivity contribution is 7.71. The van der Waals surface area contributed by atoms with Crippen molar-refractivity contribution in [3.63, 3.8) is 0 Å². The van der Waals surface area contributed by atoms with Crippen molar-refractivity contribution in [3.8, 4) is 17.1 Å². The van der Waals surface area contributed by atoms with Gasteiger partial charge in [0.2, 0.25) is 4.77 Å². The van der Waals surface area contributed by atoms with Crippen molar-refractivity contribution < 1.29 is 9.66 Å². The summed E-state index contributed by atoms with van der Waals surface area (Å²) >= 11 is 5.23. The van der Waals surface area contributed by atoms with Gasteiger partial charge in [-0.1, -0.05) is 24.3 Å². The van der Waals surface area contributed by atoms with Crippen LogP contribution in [0.1, 0.15) is 12.5 Å². The predicted octanol–water partition coefficient (Wildman–Crippen LogP) is 3.80. The molecule has 0 radical (unpaired) electrons. The summed E-state index contributed by atoms with van der Waals surface area (Å²) in [6.07, 6.45) is 1.49. The summed E-state index contributed by atoms with van der Waals surface area (Å²) in [4.78, 5) is 10.4. The van der Waals surface area contributed by atoms with E-state index in [0.717, 1.165) is 5.56 Å². The molecule has 8 nitrogen and oxygen atoms in total. The van der Waals surface area contributed by atoms with E-state index in [0.29, 0.717) is 28.5 Å². The normalized spacial score (nSPS) is 11.0. The molecule has 1 heterocycles. The highest BCUT2D eigenvalue weighted by Gasteiger charge is 2.10. The van der Waals surface area contributed by atoms with Crippen LogP contribution in [0.4, 0.5) is 5.69 Å². The van der Waals surface area contributed by atoms with E-state index >= 15 is 0 Å². The van der Waals surface area contributed by atoms with Gasteiger partial charge in [-0.05, 0) is 31.3 Å². The Morgan fingerprint density at radius 1 is 1.35 bits per heavy atom. The zero-order valence-corrected chi connectivity index (χ0v) is 14.6. The number of nitro groups is 1. The molecule has 0 aliphatic carbocycles. The van der Waals surface area contributed by atoms with Crippen LogP contribution in [0.5, 0.6) is 5.75 Å². The Hall–Kier alpha value is -3.33. The second-order valence-electron chi connectivity index (χ2n) is 5.22. The minimum atomic E-state index is -0.453. The van der Waals surface area contributed by atoms with E-state index < -0.39 is 4.92 Å². The first-order chi connectivity index (χ1) is 12.6. The summed E-state index contributed by atoms with van der Waals surface area (Å²) in [5, 5.41) is 22.1. The van der Waals surface area contributed by atoms with Crippen molar-refractivity contribution in [1.29, 1.82) is 0 Å². The molecule has 0 aliphatic heterocycles. The van der Waals surface area contributed by atoms with Crippen molar-refractivity contribution in [3.05, 3.63) is 69.0 Å². The molecule has 1 N–H and O–H groups in total. The van der Waals surface area contributed by atoms with Gasteiger partial charge < -0.3 is 4.74 Å². The number of aromatic amines is 1. The summed E-state index contributed by atoms with van der Waals surface area (Å²) in [5.74, 6) is 1.23. The highest BCUT2D eigenvalue weighted by atomic mass is 32.1. The monoisotopic (exact) mass is 369 g/mol. The largest absolute Gasteiger partial charge is 0.494 e. The molecule has 0 saturated heterocycles. The van der Waals surface area contributed by atoms with E-state index in [4.69, 9.17) is 17.0 Å². The van der Waals surface area contributed by atoms with Crippen molar-refractivity contribution in [2.45, 2.75) is 6.92 Å². The van der Waals surface area contributed by atoms with Gasteiger partial charge in [0, 0.05) is 23.3 Å². The summed E-state index contributed by atoms with van der Waals surface area (Å²) < 4.78 is 7.27. The van der Waals surface area contributed by atoms with Crippen LogP contribution >= 0.6 is 12.2 Å². The summed E-state index contributed by atoms with van der Waals surface area (Å²) in [7, 11) is 0. The predicted molar refractivity (Wildman–Crippen MR) is 100 cm³/mol. The third-order valence-corrected chi connectivity index (χ3v) is 3.72. The molecule has 0 aliphatic rings. The third-order valence-electron chi connectivity index (χ3n) is 3.46. The van der Waals surface area contributed by atoms with Crippen molar-refractivity contribution in [1.82, 2.24) is 14.9 Å². The van der Waals surface area contributed by atoms with Crippen molar-refractivity contribution in [2.75, 3.05) is 6.61 Å². The lowest BCUT2D eigenvalue weighted by atomic mass is 10.2. The molecule has 3 aromatic rings. The lowest BCUT2D eigenvalue weighted by molar-refractivity contribution is -0.384. The minimum absolute atomic E-state index is 0.00520. The maximum Gasteiger partial charge on any atom is 0.270 e. The van der Waals surface area contributed by atoms with Gasteiger partial charge in [0.25, 0.3) is 5.69 Å². The fourth-order valence-electron chi connectivity index (χ4n) is 2.32. The summed E-state index contributed by atoms with van der Waals surface area (Å²) in [6, 6.07) is 13.6. The molecule has 0 saturated carbocycles. The Bertz CT molecular complexity index is 1020. The van der Waals surface area contributed by atoms with Gasteiger partial charge in [-0.25, -0.2) is 5.10 Å². The molecule has 0 fully saturated rings. The molecule has 0 unspecified atom stereocenters. The number of nitrogens with zero attached hydrogens (tertiary/aromatic N) is 4. The average Bonchev–Trinajstić information content (AvgIpc) is 3.01. The van der Waals surface area contributed by atoms with Crippen LogP contribution in [-0.4, -0.2) is 32.6 Å². The fraction of sp³-hybridized carbons (Fsp3) is 0.118. The maximum atomic E-state index is 10.9. The number of rotatable bonds is 6. The van der Waals surface area contributed by atoms with Gasteiger partial charge in [0.1, 0.15) is 5.75 Å². The fourth-order valence-corrected chi connectivity index (χ4v) is 2.50. The second-order valence-corrected chi connectivity index (χ2v) is 5.61. The van der Waals surface area contributed by atoms with Gasteiger partial charge in [-0.3, -0.25) is 10.1 Å². The first-order valence-corrected chi connectivity index (χ1v) is 8.19. The zero-order valence-electron chi connectivity index (χ0n) is 13.8. The molecule has 132 valence electrons. The van der Waals surface area contributed by atoms with E-state index in [1.807, 2.05) is 31.2 Å². The number of hydrogen-bond acceptors (Lipinski definition) is 6.